The molecule has 3 rings (SSSR count). The fourth-order valence-electron chi connectivity index (χ4n) is 2.20. The highest BCUT2D eigenvalue weighted by molar-refractivity contribution is 8.00. The number of pyridine rings is 1. The molecule has 0 atom stereocenters. The van der Waals surface area contributed by atoms with Crippen molar-refractivity contribution in [2.24, 2.45) is 0 Å². The van der Waals surface area contributed by atoms with Crippen LogP contribution >= 0.6 is 11.8 Å². The van der Waals surface area contributed by atoms with E-state index in [2.05, 4.69) is 15.6 Å². The van der Waals surface area contributed by atoms with Crippen molar-refractivity contribution in [3.05, 3.63) is 84.3 Å². The first kappa shape index (κ1) is 18.6. The fourth-order valence-corrected chi connectivity index (χ4v) is 2.90. The normalized spacial score (nSPS) is 10.3. The zero-order valence-corrected chi connectivity index (χ0v) is 15.0. The first-order chi connectivity index (χ1) is 13.1. The molecule has 0 fully saturated rings. The predicted molar refractivity (Wildman–Crippen MR) is 104 cm³/mol. The van der Waals surface area contributed by atoms with Gasteiger partial charge in [-0.25, -0.2) is 9.37 Å². The molecule has 0 aliphatic heterocycles. The maximum Gasteiger partial charge on any atom is 0.255 e. The van der Waals surface area contributed by atoms with Gasteiger partial charge in [0, 0.05) is 22.3 Å². The Morgan fingerprint density at radius 1 is 0.926 bits per heavy atom. The summed E-state index contributed by atoms with van der Waals surface area (Å²) < 4.78 is 12.9. The maximum atomic E-state index is 12.9. The van der Waals surface area contributed by atoms with E-state index in [0.29, 0.717) is 17.1 Å². The van der Waals surface area contributed by atoms with Crippen molar-refractivity contribution < 1.29 is 14.0 Å². The first-order valence-corrected chi connectivity index (χ1v) is 9.09. The number of carbonyl (C=O) groups excluding carboxylic acids is 2. The molecular weight excluding hydrogens is 365 g/mol. The summed E-state index contributed by atoms with van der Waals surface area (Å²) in [5, 5.41) is 5.46. The minimum absolute atomic E-state index is 0.146. The number of anilines is 2. The summed E-state index contributed by atoms with van der Waals surface area (Å²) in [4.78, 5) is 29.0. The largest absolute Gasteiger partial charge is 0.322 e. The third kappa shape index (κ3) is 5.65. The number of halogens is 1. The molecule has 2 amide bonds. The third-order valence-electron chi connectivity index (χ3n) is 3.52. The number of thioether (sulfide) groups is 1. The summed E-state index contributed by atoms with van der Waals surface area (Å²) in [6, 6.07) is 17.8. The quantitative estimate of drug-likeness (QED) is 0.628. The standard InChI is InChI=1S/C20H16FN3O2S/c21-15-6-4-14(5-7-15)20(26)23-16-8-10-17(11-9-16)27-13-19(25)24-18-3-1-2-12-22-18/h1-12H,13H2,(H,23,26)(H,22,24,25). The van der Waals surface area contributed by atoms with Crippen molar-refractivity contribution >= 4 is 35.1 Å². The number of hydrogen-bond acceptors (Lipinski definition) is 4. The molecule has 0 aliphatic carbocycles. The highest BCUT2D eigenvalue weighted by atomic mass is 32.2. The second kappa shape index (κ2) is 8.95. The molecular formula is C20H16FN3O2S. The van der Waals surface area contributed by atoms with E-state index in [1.807, 2.05) is 12.1 Å². The van der Waals surface area contributed by atoms with E-state index in [9.17, 15) is 14.0 Å². The lowest BCUT2D eigenvalue weighted by Crippen LogP contribution is -2.14. The first-order valence-electron chi connectivity index (χ1n) is 8.11. The fraction of sp³-hybridized carbons (Fsp3) is 0.0500. The number of hydrogen-bond donors (Lipinski definition) is 2. The molecule has 2 aromatic carbocycles. The average Bonchev–Trinajstić information content (AvgIpc) is 2.69. The van der Waals surface area contributed by atoms with Gasteiger partial charge in [-0.15, -0.1) is 11.8 Å². The lowest BCUT2D eigenvalue weighted by Gasteiger charge is -2.07. The zero-order valence-electron chi connectivity index (χ0n) is 14.2. The van der Waals surface area contributed by atoms with Crippen LogP contribution in [-0.4, -0.2) is 22.6 Å². The monoisotopic (exact) mass is 381 g/mol. The van der Waals surface area contributed by atoms with E-state index in [-0.39, 0.29) is 23.4 Å². The lowest BCUT2D eigenvalue weighted by molar-refractivity contribution is -0.113. The molecule has 7 heteroatoms. The Morgan fingerprint density at radius 2 is 1.67 bits per heavy atom. The number of carbonyl (C=O) groups is 2. The molecule has 2 N–H and O–H groups in total. The summed E-state index contributed by atoms with van der Waals surface area (Å²) in [6.07, 6.45) is 1.61. The van der Waals surface area contributed by atoms with Crippen LogP contribution in [0.3, 0.4) is 0 Å². The smallest absolute Gasteiger partial charge is 0.255 e. The van der Waals surface area contributed by atoms with E-state index >= 15 is 0 Å². The Bertz CT molecular complexity index is 916. The minimum Gasteiger partial charge on any atom is -0.322 e. The highest BCUT2D eigenvalue weighted by Gasteiger charge is 2.07. The van der Waals surface area contributed by atoms with E-state index < -0.39 is 0 Å². The second-order valence-electron chi connectivity index (χ2n) is 5.54. The van der Waals surface area contributed by atoms with Gasteiger partial charge >= 0.3 is 0 Å². The van der Waals surface area contributed by atoms with Crippen LogP contribution < -0.4 is 10.6 Å². The molecule has 1 heterocycles. The van der Waals surface area contributed by atoms with Crippen LogP contribution in [0.15, 0.2) is 77.8 Å². The molecule has 0 aliphatic rings. The van der Waals surface area contributed by atoms with Crippen LogP contribution in [0, 0.1) is 5.82 Å². The molecule has 0 unspecified atom stereocenters. The molecule has 0 spiro atoms. The second-order valence-corrected chi connectivity index (χ2v) is 6.59. The molecule has 5 nitrogen and oxygen atoms in total. The number of amides is 2. The lowest BCUT2D eigenvalue weighted by atomic mass is 10.2. The van der Waals surface area contributed by atoms with Gasteiger partial charge in [0.05, 0.1) is 5.75 Å². The Labute approximate surface area is 160 Å². The number of benzene rings is 2. The maximum absolute atomic E-state index is 12.9. The molecule has 136 valence electrons. The van der Waals surface area contributed by atoms with Crippen molar-refractivity contribution in [3.8, 4) is 0 Å². The van der Waals surface area contributed by atoms with Gasteiger partial charge < -0.3 is 10.6 Å². The van der Waals surface area contributed by atoms with Crippen molar-refractivity contribution in [2.75, 3.05) is 16.4 Å². The summed E-state index contributed by atoms with van der Waals surface area (Å²) in [7, 11) is 0. The summed E-state index contributed by atoms with van der Waals surface area (Å²) >= 11 is 1.38. The Balaban J connectivity index is 1.50. The van der Waals surface area contributed by atoms with E-state index in [4.69, 9.17) is 0 Å². The van der Waals surface area contributed by atoms with E-state index in [0.717, 1.165) is 4.90 Å². The topological polar surface area (TPSA) is 71.1 Å². The van der Waals surface area contributed by atoms with Gasteiger partial charge in [-0.05, 0) is 60.7 Å². The van der Waals surface area contributed by atoms with Gasteiger partial charge in [-0.1, -0.05) is 6.07 Å². The summed E-state index contributed by atoms with van der Waals surface area (Å²) in [5.41, 5.74) is 0.993. The average molecular weight is 381 g/mol. The van der Waals surface area contributed by atoms with Crippen LogP contribution in [0.4, 0.5) is 15.9 Å². The number of nitrogens with one attached hydrogen (secondary N) is 2. The van der Waals surface area contributed by atoms with Gasteiger partial charge in [0.1, 0.15) is 11.6 Å². The molecule has 0 bridgehead atoms. The molecule has 27 heavy (non-hydrogen) atoms. The number of rotatable bonds is 6. The SMILES string of the molecule is O=C(CSc1ccc(NC(=O)c2ccc(F)cc2)cc1)Nc1ccccn1. The minimum atomic E-state index is -0.389. The molecule has 3 aromatic rings. The molecule has 0 saturated carbocycles. The van der Waals surface area contributed by atoms with Crippen molar-refractivity contribution in [3.63, 3.8) is 0 Å². The van der Waals surface area contributed by atoms with Gasteiger partial charge in [0.25, 0.3) is 5.91 Å². The summed E-state index contributed by atoms with van der Waals surface area (Å²) in [6.45, 7) is 0. The van der Waals surface area contributed by atoms with Crippen LogP contribution in [0.25, 0.3) is 0 Å². The van der Waals surface area contributed by atoms with Crippen LogP contribution in [-0.2, 0) is 4.79 Å². The van der Waals surface area contributed by atoms with Gasteiger partial charge in [-0.3, -0.25) is 9.59 Å². The van der Waals surface area contributed by atoms with Gasteiger partial charge in [0.2, 0.25) is 5.91 Å². The third-order valence-corrected chi connectivity index (χ3v) is 4.53. The van der Waals surface area contributed by atoms with Crippen molar-refractivity contribution in [1.29, 1.82) is 0 Å². The molecule has 1 aromatic heterocycles. The highest BCUT2D eigenvalue weighted by Crippen LogP contribution is 2.21. The van der Waals surface area contributed by atoms with Crippen LogP contribution in [0.5, 0.6) is 0 Å². The van der Waals surface area contributed by atoms with Crippen molar-refractivity contribution in [2.45, 2.75) is 4.90 Å². The number of nitrogens with zero attached hydrogens (tertiary/aromatic N) is 1. The van der Waals surface area contributed by atoms with E-state index in [1.54, 1.807) is 36.5 Å². The summed E-state index contributed by atoms with van der Waals surface area (Å²) in [5.74, 6) is -0.0859. The molecule has 0 saturated heterocycles. The van der Waals surface area contributed by atoms with Crippen LogP contribution in [0.2, 0.25) is 0 Å². The Kier molecular flexibility index (Phi) is 6.17. The van der Waals surface area contributed by atoms with E-state index in [1.165, 1.54) is 36.0 Å². The molecule has 0 radical (unpaired) electrons. The van der Waals surface area contributed by atoms with Gasteiger partial charge in [0.15, 0.2) is 0 Å². The zero-order chi connectivity index (χ0) is 19.1. The van der Waals surface area contributed by atoms with Crippen molar-refractivity contribution in [1.82, 2.24) is 4.98 Å². The number of aromatic nitrogens is 1. The van der Waals surface area contributed by atoms with Crippen LogP contribution in [0.1, 0.15) is 10.4 Å². The predicted octanol–water partition coefficient (Wildman–Crippen LogP) is 4.20. The Morgan fingerprint density at radius 3 is 2.33 bits per heavy atom. The Hall–Kier alpha value is -3.19. The van der Waals surface area contributed by atoms with Gasteiger partial charge in [-0.2, -0.15) is 0 Å².